The lowest BCUT2D eigenvalue weighted by molar-refractivity contribution is -0.406. The van der Waals surface area contributed by atoms with E-state index in [1.54, 1.807) is 0 Å². The van der Waals surface area contributed by atoms with Gasteiger partial charge in [-0.15, -0.1) is 0 Å². The van der Waals surface area contributed by atoms with E-state index >= 15 is 0 Å². The normalized spacial score (nSPS) is 55.1. The Bertz CT molecular complexity index is 2610. The van der Waals surface area contributed by atoms with Gasteiger partial charge in [0.1, 0.15) is 244 Å². The van der Waals surface area contributed by atoms with Crippen molar-refractivity contribution >= 4 is 0 Å². The summed E-state index contributed by atoms with van der Waals surface area (Å²) in [4.78, 5) is 0. The van der Waals surface area contributed by atoms with Crippen molar-refractivity contribution in [2.24, 2.45) is 0 Å². The van der Waals surface area contributed by atoms with E-state index in [0.717, 1.165) is 0 Å². The maximum absolute atomic E-state index is 11.9. The molecule has 32 saturated heterocycles. The lowest BCUT2D eigenvalue weighted by atomic mass is 9.94. The predicted molar refractivity (Wildman–Crippen MR) is 326 cm³/mol. The molecule has 32 fully saturated rings. The van der Waals surface area contributed by atoms with Gasteiger partial charge < -0.3 is 248 Å². The summed E-state index contributed by atoms with van der Waals surface area (Å²) in [5, 5.41) is 335. The molecule has 32 aliphatic rings. The standard InChI is InChI=1S/C60H100O50/c61-1-11-21(69)23(71)33(81)51(93-11)91-9-19-49-31(79)41(89)59(101-19)107-47-17(7-67)97-55(37(85)27(47)75)103-43-13(3-63)96-54(36(84)26(43)74)106-46-16(6-66)100-58(40(88)30(46)78)110-50-20(10-92-52-34(82)24(72)22(70)12(2-62)94-52)102-60(42(90)32(50)80)108-48-18(8-68)98-56(38(86)28(48)76)104-44-14(4-64)95-53(35(83)25(44)73)105-45-15(5-65)99-57(109-49)39(87)29(45)77/h11-90H,1-10H2/t11-,12-,13-,14-,15-,16-,17-,18-,19-,20-,21+,22+,23+,24+,25-,26-,27-,28-,29-,30-,31-,32-,33-,34-,35-,36-,37-,38-,39-,40-,41-,42-,43-,44-,45-,46-,47-,48-,49-,50-,51?,52?,53-,54-,55-,56-,57-,58-,59-,60-/m1/s1. The smallest absolute Gasteiger partial charge is 0.187 e. The highest BCUT2D eigenvalue weighted by Gasteiger charge is 2.62. The summed E-state index contributed by atoms with van der Waals surface area (Å²) >= 11 is 0. The first-order chi connectivity index (χ1) is 52.3. The molecular formula is C60H100O50. The van der Waals surface area contributed by atoms with Crippen LogP contribution >= 0.6 is 0 Å². The first-order valence-electron chi connectivity index (χ1n) is 35.2. The molecule has 30 N–H and O–H groups in total. The van der Waals surface area contributed by atoms with Crippen LogP contribution in [-0.2, 0) is 94.7 Å². The van der Waals surface area contributed by atoms with Crippen molar-refractivity contribution in [2.75, 3.05) is 66.1 Å². The van der Waals surface area contributed by atoms with Crippen LogP contribution in [0.3, 0.4) is 0 Å². The molecular weight excluding hydrogens is 1520 g/mol. The third-order valence-electron chi connectivity index (χ3n) is 21.1. The van der Waals surface area contributed by atoms with Gasteiger partial charge in [-0.25, -0.2) is 0 Å². The molecule has 50 atom stereocenters. The third kappa shape index (κ3) is 17.8. The van der Waals surface area contributed by atoms with Crippen LogP contribution in [0, 0.1) is 0 Å². The topological polar surface area (TPSA) is 792 Å². The van der Waals surface area contributed by atoms with Gasteiger partial charge in [0, 0.05) is 0 Å². The summed E-state index contributed by atoms with van der Waals surface area (Å²) in [5.74, 6) is 0. The summed E-state index contributed by atoms with van der Waals surface area (Å²) in [7, 11) is 0. The zero-order valence-electron chi connectivity index (χ0n) is 57.5. The molecule has 0 aromatic heterocycles. The van der Waals surface area contributed by atoms with Gasteiger partial charge in [0.15, 0.2) is 62.9 Å². The van der Waals surface area contributed by atoms with Gasteiger partial charge in [0.25, 0.3) is 0 Å². The van der Waals surface area contributed by atoms with E-state index in [0.29, 0.717) is 0 Å². The Hall–Kier alpha value is -2.00. The summed E-state index contributed by atoms with van der Waals surface area (Å²) < 4.78 is 116. The highest BCUT2D eigenvalue weighted by molar-refractivity contribution is 5.04. The van der Waals surface area contributed by atoms with Gasteiger partial charge >= 0.3 is 0 Å². The first kappa shape index (κ1) is 88.8. The molecule has 0 saturated carbocycles. The largest absolute Gasteiger partial charge is 0.394 e. The molecule has 110 heavy (non-hydrogen) atoms. The zero-order chi connectivity index (χ0) is 80.1. The second kappa shape index (κ2) is 37.9. The minimum absolute atomic E-state index is 0.955. The molecule has 50 heteroatoms. The molecule has 0 aliphatic carbocycles. The lowest BCUT2D eigenvalue weighted by Gasteiger charge is -2.51. The quantitative estimate of drug-likeness (QED) is 0.0768. The lowest BCUT2D eigenvalue weighted by Crippen LogP contribution is -2.69. The first-order valence-corrected chi connectivity index (χ1v) is 35.2. The van der Waals surface area contributed by atoms with Crippen LogP contribution < -0.4 is 0 Å². The Balaban J connectivity index is 0.887. The zero-order valence-corrected chi connectivity index (χ0v) is 57.5. The van der Waals surface area contributed by atoms with Crippen molar-refractivity contribution in [3.8, 4) is 0 Å². The van der Waals surface area contributed by atoms with E-state index in [4.69, 9.17) is 94.7 Å². The van der Waals surface area contributed by atoms with E-state index in [1.807, 2.05) is 0 Å². The van der Waals surface area contributed by atoms with Crippen LogP contribution in [0.5, 0.6) is 0 Å². The number of hydrogen-bond acceptors (Lipinski definition) is 50. The molecule has 0 amide bonds. The minimum atomic E-state index is -2.42. The van der Waals surface area contributed by atoms with Gasteiger partial charge in [0.05, 0.1) is 66.1 Å². The molecule has 0 aromatic rings. The maximum atomic E-state index is 11.9. The SMILES string of the molecule is OC[C@H]1OC(OC[C@H]2O[C@@H]3O[C@H]4[C@H](O)[C@@H](O)[C@@H](O[C@H]5[C@H](O)[C@@H](O)[C@@H](O[C@H]6[C@H](O)[C@@H](O)[C@@H](O[C@H]7[C@H](O)[C@@H](O)[C@@H](O[C@H]8[C@H](O)[C@@H](O)[C@@H](O[C@H]9[C@H](O)[C@@H](O)[C@@H](O[C@H]%10[C@H](O)[C@@H](O)[C@@H](O[C@H]2[C@H](O)[C@H]3O)O[C@@H]%10CO)O[C@@H]9CO)O[C@@H]8CO)O[C@@H]7COC2O[C@H](CO)[C@H](O)[C@H](O)[C@H]2O)O[C@@H]6CO)O[C@@H]5CO)O[C@@H]4CO)[C@H](O)[C@@H](O)[C@H]1O. The van der Waals surface area contributed by atoms with Crippen LogP contribution in [0.15, 0.2) is 0 Å². The van der Waals surface area contributed by atoms with Crippen molar-refractivity contribution in [3.63, 3.8) is 0 Å². The summed E-state index contributed by atoms with van der Waals surface area (Å²) in [5.41, 5.74) is 0. The van der Waals surface area contributed by atoms with Crippen molar-refractivity contribution in [3.05, 3.63) is 0 Å². The number of aliphatic hydroxyl groups excluding tert-OH is 30. The van der Waals surface area contributed by atoms with Gasteiger partial charge in [-0.3, -0.25) is 0 Å². The van der Waals surface area contributed by atoms with Crippen LogP contribution in [0.1, 0.15) is 0 Å². The van der Waals surface area contributed by atoms with E-state index in [1.165, 1.54) is 0 Å². The Morgan fingerprint density at radius 1 is 0.145 bits per heavy atom. The highest BCUT2D eigenvalue weighted by atomic mass is 16.8. The average Bonchev–Trinajstić information content (AvgIpc) is 0.777. The summed E-state index contributed by atoms with van der Waals surface area (Å²) in [6, 6.07) is 0. The van der Waals surface area contributed by atoms with Crippen molar-refractivity contribution in [2.45, 2.75) is 307 Å². The molecule has 32 heterocycles. The second-order valence-electron chi connectivity index (χ2n) is 28.2. The van der Waals surface area contributed by atoms with Crippen molar-refractivity contribution in [1.29, 1.82) is 0 Å². The molecule has 0 spiro atoms. The number of rotatable bonds is 14. The van der Waals surface area contributed by atoms with Gasteiger partial charge in [-0.1, -0.05) is 0 Å². The molecule has 2 unspecified atom stereocenters. The Morgan fingerprint density at radius 2 is 0.300 bits per heavy atom. The van der Waals surface area contributed by atoms with E-state index in [-0.39, 0.29) is 0 Å². The molecule has 16 bridgehead atoms. The Labute approximate surface area is 619 Å². The second-order valence-corrected chi connectivity index (χ2v) is 28.2. The highest BCUT2D eigenvalue weighted by Crippen LogP contribution is 2.41. The van der Waals surface area contributed by atoms with Gasteiger partial charge in [-0.05, 0) is 0 Å². The fraction of sp³-hybridized carbons (Fsp3) is 1.00. The van der Waals surface area contributed by atoms with Crippen molar-refractivity contribution in [1.82, 2.24) is 0 Å². The van der Waals surface area contributed by atoms with E-state index in [9.17, 15) is 153 Å². The molecule has 0 aromatic carbocycles. The molecule has 0 radical (unpaired) electrons. The van der Waals surface area contributed by atoms with Crippen molar-refractivity contribution < 1.29 is 248 Å². The van der Waals surface area contributed by atoms with Crippen LogP contribution in [0.4, 0.5) is 0 Å². The molecule has 50 nitrogen and oxygen atoms in total. The number of ether oxygens (including phenoxy) is 20. The fourth-order valence-corrected chi connectivity index (χ4v) is 14.7. The monoisotopic (exact) mass is 1620 g/mol. The maximum Gasteiger partial charge on any atom is 0.187 e. The number of hydrogen-bond donors (Lipinski definition) is 30. The van der Waals surface area contributed by atoms with Crippen LogP contribution in [0.25, 0.3) is 0 Å². The third-order valence-corrected chi connectivity index (χ3v) is 21.1. The minimum Gasteiger partial charge on any atom is -0.394 e. The molecule has 32 rings (SSSR count). The Morgan fingerprint density at radius 3 is 0.464 bits per heavy atom. The fourth-order valence-electron chi connectivity index (χ4n) is 14.7. The summed E-state index contributed by atoms with van der Waals surface area (Å²) in [6.07, 6.45) is -107. The van der Waals surface area contributed by atoms with E-state index < -0.39 is 373 Å². The molecule has 640 valence electrons. The number of aliphatic hydroxyl groups is 30. The van der Waals surface area contributed by atoms with Crippen LogP contribution in [-0.4, -0.2) is 526 Å². The summed E-state index contributed by atoms with van der Waals surface area (Å²) in [6.45, 7) is -11.1. The molecule has 32 aliphatic heterocycles. The van der Waals surface area contributed by atoms with Gasteiger partial charge in [0.2, 0.25) is 0 Å². The Kier molecular flexibility index (Phi) is 30.6. The predicted octanol–water partition coefficient (Wildman–Crippen LogP) is -21.8. The van der Waals surface area contributed by atoms with Crippen LogP contribution in [0.2, 0.25) is 0 Å². The van der Waals surface area contributed by atoms with E-state index in [2.05, 4.69) is 0 Å². The average molecular weight is 1620 g/mol. The van der Waals surface area contributed by atoms with Gasteiger partial charge in [-0.2, -0.15) is 0 Å².